The van der Waals surface area contributed by atoms with Crippen molar-refractivity contribution in [2.45, 2.75) is 20.3 Å². The Morgan fingerprint density at radius 1 is 0.966 bits per heavy atom. The Kier molecular flexibility index (Phi) is 5.83. The molecule has 29 heavy (non-hydrogen) atoms. The molecule has 0 bridgehead atoms. The predicted molar refractivity (Wildman–Crippen MR) is 110 cm³/mol. The molecule has 148 valence electrons. The maximum Gasteiger partial charge on any atom is 0.394 e. The van der Waals surface area contributed by atoms with E-state index in [1.165, 1.54) is 0 Å². The van der Waals surface area contributed by atoms with Crippen molar-refractivity contribution in [3.8, 4) is 17.2 Å². The van der Waals surface area contributed by atoms with Gasteiger partial charge < -0.3 is 20.3 Å². The number of aliphatic carboxylic acids is 1. The lowest BCUT2D eigenvalue weighted by Gasteiger charge is -2.15. The van der Waals surface area contributed by atoms with Crippen LogP contribution in [0.25, 0.3) is 0 Å². The van der Waals surface area contributed by atoms with Crippen LogP contribution in [-0.2, 0) is 16.0 Å². The highest BCUT2D eigenvalue weighted by Crippen LogP contribution is 2.34. The SMILES string of the molecule is Cc1cc(NC(=O)C(=O)O)cc(C)c1Oc1ccc(O)c(Cc2ccccc2)c1. The van der Waals surface area contributed by atoms with Gasteiger partial charge in [0, 0.05) is 17.7 Å². The highest BCUT2D eigenvalue weighted by atomic mass is 16.5. The Morgan fingerprint density at radius 2 is 1.62 bits per heavy atom. The molecule has 0 aliphatic carbocycles. The van der Waals surface area contributed by atoms with Crippen LogP contribution in [0.1, 0.15) is 22.3 Å². The molecule has 0 saturated heterocycles. The number of nitrogens with one attached hydrogen (secondary N) is 1. The summed E-state index contributed by atoms with van der Waals surface area (Å²) in [6, 6.07) is 18.2. The molecule has 3 aromatic rings. The third-order valence-corrected chi connectivity index (χ3v) is 4.42. The number of phenolic OH excluding ortho intramolecular Hbond substituents is 1. The number of anilines is 1. The third kappa shape index (κ3) is 4.93. The molecule has 0 spiro atoms. The normalized spacial score (nSPS) is 10.4. The molecule has 0 fully saturated rings. The van der Waals surface area contributed by atoms with Gasteiger partial charge in [0.25, 0.3) is 0 Å². The van der Waals surface area contributed by atoms with Crippen LogP contribution < -0.4 is 10.1 Å². The minimum atomic E-state index is -1.55. The van der Waals surface area contributed by atoms with Gasteiger partial charge in [0.05, 0.1) is 0 Å². The van der Waals surface area contributed by atoms with Crippen molar-refractivity contribution in [3.05, 3.63) is 82.9 Å². The zero-order valence-electron chi connectivity index (χ0n) is 16.1. The van der Waals surface area contributed by atoms with Crippen LogP contribution in [0.2, 0.25) is 0 Å². The number of carboxylic acid groups (broad SMARTS) is 1. The first-order valence-corrected chi connectivity index (χ1v) is 9.02. The van der Waals surface area contributed by atoms with E-state index in [2.05, 4.69) is 5.32 Å². The van der Waals surface area contributed by atoms with Crippen molar-refractivity contribution >= 4 is 17.6 Å². The number of benzene rings is 3. The van der Waals surface area contributed by atoms with Gasteiger partial charge in [-0.05, 0) is 60.9 Å². The van der Waals surface area contributed by atoms with E-state index < -0.39 is 11.9 Å². The van der Waals surface area contributed by atoms with E-state index in [0.29, 0.717) is 23.6 Å². The molecule has 0 unspecified atom stereocenters. The van der Waals surface area contributed by atoms with E-state index in [-0.39, 0.29) is 5.75 Å². The minimum absolute atomic E-state index is 0.196. The Balaban J connectivity index is 1.83. The van der Waals surface area contributed by atoms with Gasteiger partial charge in [0.15, 0.2) is 0 Å². The summed E-state index contributed by atoms with van der Waals surface area (Å²) in [6.45, 7) is 3.62. The molecule has 3 rings (SSSR count). The molecule has 6 nitrogen and oxygen atoms in total. The van der Waals surface area contributed by atoms with Gasteiger partial charge in [-0.1, -0.05) is 30.3 Å². The number of hydrogen-bond acceptors (Lipinski definition) is 4. The molecule has 0 heterocycles. The maximum absolute atomic E-state index is 11.4. The van der Waals surface area contributed by atoms with Crippen molar-refractivity contribution in [2.24, 2.45) is 0 Å². The molecule has 1 amide bonds. The van der Waals surface area contributed by atoms with Gasteiger partial charge in [-0.2, -0.15) is 0 Å². The maximum atomic E-state index is 11.4. The van der Waals surface area contributed by atoms with E-state index in [0.717, 1.165) is 22.3 Å². The fourth-order valence-corrected chi connectivity index (χ4v) is 3.07. The summed E-state index contributed by atoms with van der Waals surface area (Å²) in [5, 5.41) is 21.3. The second-order valence-corrected chi connectivity index (χ2v) is 6.75. The lowest BCUT2D eigenvalue weighted by Crippen LogP contribution is -2.21. The van der Waals surface area contributed by atoms with Crippen LogP contribution in [0.15, 0.2) is 60.7 Å². The van der Waals surface area contributed by atoms with Crippen molar-refractivity contribution in [1.29, 1.82) is 0 Å². The average Bonchev–Trinajstić information content (AvgIpc) is 2.68. The smallest absolute Gasteiger partial charge is 0.394 e. The van der Waals surface area contributed by atoms with Crippen LogP contribution >= 0.6 is 0 Å². The Bertz CT molecular complexity index is 1040. The number of amides is 1. The van der Waals surface area contributed by atoms with Crippen molar-refractivity contribution in [1.82, 2.24) is 0 Å². The Hall–Kier alpha value is -3.80. The number of phenols is 1. The van der Waals surface area contributed by atoms with Crippen LogP contribution in [0, 0.1) is 13.8 Å². The second kappa shape index (κ2) is 8.48. The van der Waals surface area contributed by atoms with Gasteiger partial charge in [0.1, 0.15) is 17.2 Å². The van der Waals surface area contributed by atoms with Crippen molar-refractivity contribution < 1.29 is 24.5 Å². The number of aryl methyl sites for hydroxylation is 2. The zero-order valence-corrected chi connectivity index (χ0v) is 16.1. The number of aromatic hydroxyl groups is 1. The van der Waals surface area contributed by atoms with Crippen molar-refractivity contribution in [2.75, 3.05) is 5.32 Å². The highest BCUT2D eigenvalue weighted by molar-refractivity contribution is 6.36. The first-order valence-electron chi connectivity index (χ1n) is 9.02. The van der Waals surface area contributed by atoms with Crippen LogP contribution in [0.4, 0.5) is 5.69 Å². The van der Waals surface area contributed by atoms with Crippen LogP contribution in [0.3, 0.4) is 0 Å². The largest absolute Gasteiger partial charge is 0.508 e. The average molecular weight is 391 g/mol. The molecule has 0 saturated carbocycles. The number of rotatable bonds is 5. The van der Waals surface area contributed by atoms with E-state index in [1.807, 2.05) is 44.2 Å². The summed E-state index contributed by atoms with van der Waals surface area (Å²) in [6.07, 6.45) is 0.571. The molecule has 0 radical (unpaired) electrons. The molecular weight excluding hydrogens is 370 g/mol. The molecule has 6 heteroatoms. The fraction of sp³-hybridized carbons (Fsp3) is 0.130. The summed E-state index contributed by atoms with van der Waals surface area (Å²) >= 11 is 0. The summed E-state index contributed by atoms with van der Waals surface area (Å²) in [5.41, 5.74) is 3.68. The number of ether oxygens (including phenoxy) is 1. The van der Waals surface area contributed by atoms with Gasteiger partial charge in [-0.15, -0.1) is 0 Å². The van der Waals surface area contributed by atoms with E-state index in [1.54, 1.807) is 30.3 Å². The summed E-state index contributed by atoms with van der Waals surface area (Å²) < 4.78 is 6.04. The second-order valence-electron chi connectivity index (χ2n) is 6.75. The standard InChI is InChI=1S/C23H21NO5/c1-14-10-18(24-22(26)23(27)28)11-15(2)21(14)29-19-8-9-20(25)17(13-19)12-16-6-4-3-5-7-16/h3-11,13,25H,12H2,1-2H3,(H,24,26)(H,27,28). The number of carboxylic acids is 1. The summed E-state index contributed by atoms with van der Waals surface area (Å²) in [5.74, 6) is -1.27. The van der Waals surface area contributed by atoms with E-state index in [4.69, 9.17) is 9.84 Å². The summed E-state index contributed by atoms with van der Waals surface area (Å²) in [7, 11) is 0. The molecule has 0 aliphatic heterocycles. The third-order valence-electron chi connectivity index (χ3n) is 4.42. The molecular formula is C23H21NO5. The molecule has 3 N–H and O–H groups in total. The first-order chi connectivity index (χ1) is 13.8. The number of carbonyl (C=O) groups excluding carboxylic acids is 1. The molecule has 3 aromatic carbocycles. The molecule has 0 atom stereocenters. The van der Waals surface area contributed by atoms with Gasteiger partial charge >= 0.3 is 11.9 Å². The van der Waals surface area contributed by atoms with Gasteiger partial charge in [-0.3, -0.25) is 4.79 Å². The molecule has 0 aromatic heterocycles. The monoisotopic (exact) mass is 391 g/mol. The minimum Gasteiger partial charge on any atom is -0.508 e. The zero-order chi connectivity index (χ0) is 21.0. The lowest BCUT2D eigenvalue weighted by atomic mass is 10.0. The Morgan fingerprint density at radius 3 is 2.24 bits per heavy atom. The Labute approximate surface area is 168 Å². The fourth-order valence-electron chi connectivity index (χ4n) is 3.07. The van der Waals surface area contributed by atoms with Gasteiger partial charge in [0.2, 0.25) is 0 Å². The highest BCUT2D eigenvalue weighted by Gasteiger charge is 2.14. The van der Waals surface area contributed by atoms with Crippen LogP contribution in [0.5, 0.6) is 17.2 Å². The molecule has 0 aliphatic rings. The number of carbonyl (C=O) groups is 2. The van der Waals surface area contributed by atoms with E-state index in [9.17, 15) is 14.7 Å². The number of hydrogen-bond donors (Lipinski definition) is 3. The predicted octanol–water partition coefficient (Wildman–Crippen LogP) is 4.42. The van der Waals surface area contributed by atoms with Gasteiger partial charge in [-0.25, -0.2) is 4.79 Å². The van der Waals surface area contributed by atoms with Crippen molar-refractivity contribution in [3.63, 3.8) is 0 Å². The summed E-state index contributed by atoms with van der Waals surface area (Å²) in [4.78, 5) is 22.1. The first kappa shape index (κ1) is 19.9. The van der Waals surface area contributed by atoms with Crippen LogP contribution in [-0.4, -0.2) is 22.1 Å². The topological polar surface area (TPSA) is 95.9 Å². The van der Waals surface area contributed by atoms with E-state index >= 15 is 0 Å². The quantitative estimate of drug-likeness (QED) is 0.560. The lowest BCUT2D eigenvalue weighted by molar-refractivity contribution is -0.147.